The van der Waals surface area contributed by atoms with Gasteiger partial charge in [0.05, 0.1) is 17.6 Å². The number of hydrogen-bond acceptors (Lipinski definition) is 4. The standard InChI is InChI=1S/C17H21F9O4/c1-4-13(3,15(18,19)20)30-11(27)12(2)7-9-5-8(10(12)29-9)6-14(28,16(21,22)23)17(24,25)26/h8-10,28H,4-7H2,1-3H3. The Morgan fingerprint density at radius 2 is 1.57 bits per heavy atom. The third kappa shape index (κ3) is 3.87. The Balaban J connectivity index is 2.29. The van der Waals surface area contributed by atoms with Gasteiger partial charge in [0.1, 0.15) is 0 Å². The number of aliphatic hydroxyl groups is 1. The molecule has 0 saturated carbocycles. The van der Waals surface area contributed by atoms with Crippen molar-refractivity contribution >= 4 is 5.97 Å². The van der Waals surface area contributed by atoms with Gasteiger partial charge < -0.3 is 14.6 Å². The Hall–Kier alpha value is -1.24. The number of alkyl halides is 9. The minimum atomic E-state index is -6.05. The van der Waals surface area contributed by atoms with Gasteiger partial charge >= 0.3 is 24.5 Å². The van der Waals surface area contributed by atoms with Gasteiger partial charge in [0.2, 0.25) is 5.60 Å². The van der Waals surface area contributed by atoms with Crippen molar-refractivity contribution in [3.63, 3.8) is 0 Å². The van der Waals surface area contributed by atoms with Gasteiger partial charge in [-0.3, -0.25) is 4.79 Å². The topological polar surface area (TPSA) is 55.8 Å². The first-order valence-electron chi connectivity index (χ1n) is 9.03. The van der Waals surface area contributed by atoms with E-state index in [2.05, 4.69) is 4.74 Å². The number of ether oxygens (including phenoxy) is 2. The van der Waals surface area contributed by atoms with Crippen LogP contribution in [0.4, 0.5) is 39.5 Å². The van der Waals surface area contributed by atoms with Crippen LogP contribution in [0.25, 0.3) is 0 Å². The lowest BCUT2D eigenvalue weighted by Crippen LogP contribution is -2.59. The second kappa shape index (κ2) is 7.14. The lowest BCUT2D eigenvalue weighted by molar-refractivity contribution is -0.373. The number of rotatable bonds is 5. The summed E-state index contributed by atoms with van der Waals surface area (Å²) in [6.07, 6.45) is -22.6. The van der Waals surface area contributed by atoms with Crippen molar-refractivity contribution in [2.75, 3.05) is 0 Å². The van der Waals surface area contributed by atoms with Crippen molar-refractivity contribution in [1.82, 2.24) is 0 Å². The molecule has 0 aromatic carbocycles. The molecule has 2 saturated heterocycles. The van der Waals surface area contributed by atoms with E-state index in [0.717, 1.165) is 13.8 Å². The Labute approximate surface area is 165 Å². The number of halogens is 9. The van der Waals surface area contributed by atoms with Crippen LogP contribution in [-0.4, -0.2) is 53.0 Å². The molecule has 0 aromatic heterocycles. The van der Waals surface area contributed by atoms with E-state index in [1.165, 1.54) is 0 Å². The first kappa shape index (κ1) is 25.0. The second-order valence-corrected chi connectivity index (χ2v) is 8.33. The predicted molar refractivity (Wildman–Crippen MR) is 82.0 cm³/mol. The summed E-state index contributed by atoms with van der Waals surface area (Å²) in [4.78, 5) is 12.6. The van der Waals surface area contributed by atoms with Crippen molar-refractivity contribution in [3.8, 4) is 0 Å². The van der Waals surface area contributed by atoms with E-state index in [4.69, 9.17) is 4.74 Å². The molecule has 176 valence electrons. The van der Waals surface area contributed by atoms with Gasteiger partial charge in [-0.2, -0.15) is 39.5 Å². The van der Waals surface area contributed by atoms with Crippen LogP contribution in [0.15, 0.2) is 0 Å². The molecule has 4 nitrogen and oxygen atoms in total. The van der Waals surface area contributed by atoms with E-state index in [1.807, 2.05) is 0 Å². The molecule has 5 atom stereocenters. The molecule has 2 fully saturated rings. The van der Waals surface area contributed by atoms with Crippen molar-refractivity contribution in [2.24, 2.45) is 11.3 Å². The first-order valence-corrected chi connectivity index (χ1v) is 9.03. The summed E-state index contributed by atoms with van der Waals surface area (Å²) in [5, 5.41) is 9.44. The van der Waals surface area contributed by atoms with E-state index in [-0.39, 0.29) is 12.8 Å². The Kier molecular flexibility index (Phi) is 5.96. The smallest absolute Gasteiger partial charge is 0.428 e. The Morgan fingerprint density at radius 1 is 1.07 bits per heavy atom. The van der Waals surface area contributed by atoms with Crippen LogP contribution in [0.5, 0.6) is 0 Å². The summed E-state index contributed by atoms with van der Waals surface area (Å²) in [5.41, 5.74) is -9.83. The average molecular weight is 460 g/mol. The fraction of sp³-hybridized carbons (Fsp3) is 0.941. The molecule has 2 bridgehead atoms. The molecule has 0 aliphatic carbocycles. The summed E-state index contributed by atoms with van der Waals surface area (Å²) in [7, 11) is 0. The molecule has 0 aromatic rings. The van der Waals surface area contributed by atoms with Crippen molar-refractivity contribution < 1.29 is 58.9 Å². The van der Waals surface area contributed by atoms with E-state index in [9.17, 15) is 49.4 Å². The summed E-state index contributed by atoms with van der Waals surface area (Å²) >= 11 is 0. The molecule has 5 unspecified atom stereocenters. The van der Waals surface area contributed by atoms with Gasteiger partial charge in [0.15, 0.2) is 0 Å². The molecule has 2 aliphatic heterocycles. The molecule has 2 aliphatic rings. The second-order valence-electron chi connectivity index (χ2n) is 8.33. The zero-order valence-electron chi connectivity index (χ0n) is 16.1. The largest absolute Gasteiger partial charge is 0.449 e. The number of carbonyl (C=O) groups excluding carboxylic acids is 1. The van der Waals surface area contributed by atoms with Crippen LogP contribution in [0, 0.1) is 11.3 Å². The number of fused-ring (bicyclic) bond motifs is 2. The van der Waals surface area contributed by atoms with Crippen LogP contribution < -0.4 is 0 Å². The minimum Gasteiger partial charge on any atom is -0.449 e. The lowest BCUT2D eigenvalue weighted by Gasteiger charge is -2.41. The minimum absolute atomic E-state index is 0.221. The first-order chi connectivity index (χ1) is 13.2. The molecule has 0 spiro atoms. The highest BCUT2D eigenvalue weighted by Crippen LogP contribution is 2.57. The maximum Gasteiger partial charge on any atom is 0.428 e. The van der Waals surface area contributed by atoms with Crippen LogP contribution in [0.1, 0.15) is 46.5 Å². The summed E-state index contributed by atoms with van der Waals surface area (Å²) in [6.45, 7) is 2.81. The average Bonchev–Trinajstić information content (AvgIpc) is 3.08. The summed E-state index contributed by atoms with van der Waals surface area (Å²) in [6, 6.07) is 0. The Morgan fingerprint density at radius 3 is 1.93 bits per heavy atom. The van der Waals surface area contributed by atoms with Gasteiger partial charge in [0.25, 0.3) is 5.60 Å². The van der Waals surface area contributed by atoms with Crippen molar-refractivity contribution in [1.29, 1.82) is 0 Å². The van der Waals surface area contributed by atoms with Crippen LogP contribution in [0.2, 0.25) is 0 Å². The van der Waals surface area contributed by atoms with Crippen molar-refractivity contribution in [3.05, 3.63) is 0 Å². The maximum atomic E-state index is 13.2. The number of carbonyl (C=O) groups is 1. The molecule has 0 amide bonds. The predicted octanol–water partition coefficient (Wildman–Crippen LogP) is 4.69. The molecule has 13 heteroatoms. The molecule has 30 heavy (non-hydrogen) atoms. The fourth-order valence-corrected chi connectivity index (χ4v) is 4.04. The monoisotopic (exact) mass is 460 g/mol. The van der Waals surface area contributed by atoms with Gasteiger partial charge in [-0.05, 0) is 45.4 Å². The highest BCUT2D eigenvalue weighted by molar-refractivity contribution is 5.78. The summed E-state index contributed by atoms with van der Waals surface area (Å²) in [5.74, 6) is -3.00. The summed E-state index contributed by atoms with van der Waals surface area (Å²) < 4.78 is 128. The maximum absolute atomic E-state index is 13.2. The molecular formula is C17H21F9O4. The van der Waals surface area contributed by atoms with Gasteiger partial charge in [-0.15, -0.1) is 0 Å². The molecular weight excluding hydrogens is 439 g/mol. The van der Waals surface area contributed by atoms with Crippen LogP contribution in [-0.2, 0) is 14.3 Å². The van der Waals surface area contributed by atoms with Gasteiger partial charge in [-0.1, -0.05) is 6.92 Å². The van der Waals surface area contributed by atoms with E-state index < -0.39 is 72.1 Å². The van der Waals surface area contributed by atoms with Gasteiger partial charge in [0, 0.05) is 0 Å². The van der Waals surface area contributed by atoms with E-state index >= 15 is 0 Å². The molecule has 1 N–H and O–H groups in total. The van der Waals surface area contributed by atoms with Crippen molar-refractivity contribution in [2.45, 2.75) is 88.4 Å². The highest BCUT2D eigenvalue weighted by Gasteiger charge is 2.73. The fourth-order valence-electron chi connectivity index (χ4n) is 4.04. The molecule has 2 heterocycles. The van der Waals surface area contributed by atoms with Crippen LogP contribution >= 0.6 is 0 Å². The third-order valence-corrected chi connectivity index (χ3v) is 6.17. The third-order valence-electron chi connectivity index (χ3n) is 6.17. The molecule has 2 rings (SSSR count). The Bertz CT molecular complexity index is 658. The molecule has 0 radical (unpaired) electrons. The van der Waals surface area contributed by atoms with Crippen LogP contribution in [0.3, 0.4) is 0 Å². The number of hydrogen-bond donors (Lipinski definition) is 1. The quantitative estimate of drug-likeness (QED) is 0.478. The number of esters is 1. The SMILES string of the molecule is CCC(C)(OC(=O)C1(C)CC2CC(CC(O)(C(F)(F)F)C(F)(F)F)C1O2)C(F)(F)F. The van der Waals surface area contributed by atoms with E-state index in [0.29, 0.717) is 6.92 Å². The zero-order chi connectivity index (χ0) is 23.6. The zero-order valence-corrected chi connectivity index (χ0v) is 16.1. The van der Waals surface area contributed by atoms with E-state index in [1.54, 1.807) is 0 Å². The highest BCUT2D eigenvalue weighted by atomic mass is 19.4. The van der Waals surface area contributed by atoms with Gasteiger partial charge in [-0.25, -0.2) is 0 Å². The normalized spacial score (nSPS) is 32.2. The lowest BCUT2D eigenvalue weighted by atomic mass is 9.67.